The molecule has 1 heterocycles. The van der Waals surface area contributed by atoms with Gasteiger partial charge in [0.2, 0.25) is 10.0 Å². The second kappa shape index (κ2) is 6.73. The summed E-state index contributed by atoms with van der Waals surface area (Å²) in [6.45, 7) is 4.16. The fourth-order valence-corrected chi connectivity index (χ4v) is 2.89. The first kappa shape index (κ1) is 15.5. The van der Waals surface area contributed by atoms with Crippen LogP contribution in [-0.2, 0) is 15.8 Å². The molecule has 0 aliphatic rings. The summed E-state index contributed by atoms with van der Waals surface area (Å²) in [5, 5.41) is 3.66. The SMILES string of the molecule is Cc1ccccc1OCCNS(=O)(=O)Cc1nocc1C. The Labute approximate surface area is 124 Å². The molecule has 1 aromatic heterocycles. The van der Waals surface area contributed by atoms with Gasteiger partial charge in [-0.2, -0.15) is 0 Å². The number of nitrogens with one attached hydrogen (secondary N) is 1. The van der Waals surface area contributed by atoms with Crippen LogP contribution < -0.4 is 9.46 Å². The number of aromatic nitrogens is 1. The number of benzene rings is 1. The fourth-order valence-electron chi connectivity index (χ4n) is 1.76. The van der Waals surface area contributed by atoms with Crippen LogP contribution in [0.3, 0.4) is 0 Å². The molecule has 2 rings (SSSR count). The average Bonchev–Trinajstić information content (AvgIpc) is 2.81. The molecule has 0 radical (unpaired) electrons. The smallest absolute Gasteiger partial charge is 0.217 e. The molecule has 0 aliphatic carbocycles. The predicted molar refractivity (Wildman–Crippen MR) is 78.5 cm³/mol. The number of aryl methyl sites for hydroxylation is 2. The van der Waals surface area contributed by atoms with Crippen LogP contribution in [0.25, 0.3) is 0 Å². The molecule has 0 spiro atoms. The first-order valence-electron chi connectivity index (χ1n) is 6.53. The molecule has 21 heavy (non-hydrogen) atoms. The van der Waals surface area contributed by atoms with E-state index in [4.69, 9.17) is 9.26 Å². The van der Waals surface area contributed by atoms with Crippen molar-refractivity contribution in [2.45, 2.75) is 19.6 Å². The lowest BCUT2D eigenvalue weighted by Crippen LogP contribution is -2.29. The van der Waals surface area contributed by atoms with Gasteiger partial charge < -0.3 is 9.26 Å². The highest BCUT2D eigenvalue weighted by molar-refractivity contribution is 7.88. The molecule has 0 bridgehead atoms. The summed E-state index contributed by atoms with van der Waals surface area (Å²) in [5.41, 5.74) is 2.15. The van der Waals surface area contributed by atoms with Gasteiger partial charge in [0.1, 0.15) is 30.1 Å². The van der Waals surface area contributed by atoms with Gasteiger partial charge in [-0.1, -0.05) is 23.4 Å². The molecule has 1 N–H and O–H groups in total. The predicted octanol–water partition coefficient (Wildman–Crippen LogP) is 1.79. The normalized spacial score (nSPS) is 11.5. The molecule has 114 valence electrons. The maximum Gasteiger partial charge on any atom is 0.217 e. The number of nitrogens with zero attached hydrogens (tertiary/aromatic N) is 1. The highest BCUT2D eigenvalue weighted by Crippen LogP contribution is 2.15. The van der Waals surface area contributed by atoms with E-state index in [1.807, 2.05) is 31.2 Å². The van der Waals surface area contributed by atoms with Crippen molar-refractivity contribution in [1.82, 2.24) is 9.88 Å². The molecule has 2 aromatic rings. The number of para-hydroxylation sites is 1. The van der Waals surface area contributed by atoms with Crippen LogP contribution in [0.1, 0.15) is 16.8 Å². The Hall–Kier alpha value is -1.86. The van der Waals surface area contributed by atoms with E-state index < -0.39 is 10.0 Å². The second-order valence-electron chi connectivity index (χ2n) is 4.71. The van der Waals surface area contributed by atoms with Gasteiger partial charge in [-0.05, 0) is 25.5 Å². The maximum atomic E-state index is 11.9. The van der Waals surface area contributed by atoms with Crippen LogP contribution in [0.15, 0.2) is 35.1 Å². The molecule has 7 heteroatoms. The monoisotopic (exact) mass is 310 g/mol. The van der Waals surface area contributed by atoms with E-state index in [9.17, 15) is 8.42 Å². The quantitative estimate of drug-likeness (QED) is 0.789. The van der Waals surface area contributed by atoms with Crippen LogP contribution in [0.2, 0.25) is 0 Å². The number of sulfonamides is 1. The molecule has 0 saturated heterocycles. The van der Waals surface area contributed by atoms with E-state index in [2.05, 4.69) is 9.88 Å². The molecule has 0 saturated carbocycles. The molecule has 6 nitrogen and oxygen atoms in total. The third-order valence-electron chi connectivity index (χ3n) is 2.95. The van der Waals surface area contributed by atoms with Crippen molar-refractivity contribution >= 4 is 10.0 Å². The van der Waals surface area contributed by atoms with Crippen LogP contribution >= 0.6 is 0 Å². The summed E-state index contributed by atoms with van der Waals surface area (Å²) < 4.78 is 36.5. The van der Waals surface area contributed by atoms with Gasteiger partial charge in [0.05, 0.1) is 0 Å². The Morgan fingerprint density at radius 3 is 2.67 bits per heavy atom. The maximum absolute atomic E-state index is 11.9. The highest BCUT2D eigenvalue weighted by Gasteiger charge is 2.15. The lowest BCUT2D eigenvalue weighted by atomic mass is 10.2. The van der Waals surface area contributed by atoms with Crippen molar-refractivity contribution in [1.29, 1.82) is 0 Å². The standard InChI is InChI=1S/C14H18N2O4S/c1-11-5-3-4-6-14(11)19-8-7-15-21(17,18)10-13-12(2)9-20-16-13/h3-6,9,15H,7-8,10H2,1-2H3. The summed E-state index contributed by atoms with van der Waals surface area (Å²) in [4.78, 5) is 0. The van der Waals surface area contributed by atoms with Gasteiger partial charge in [0.25, 0.3) is 0 Å². The van der Waals surface area contributed by atoms with E-state index in [0.29, 0.717) is 5.69 Å². The van der Waals surface area contributed by atoms with Crippen LogP contribution in [0.4, 0.5) is 0 Å². The Balaban J connectivity index is 1.80. The van der Waals surface area contributed by atoms with Crippen molar-refractivity contribution in [3.05, 3.63) is 47.3 Å². The third kappa shape index (κ3) is 4.57. The zero-order chi connectivity index (χ0) is 15.3. The minimum absolute atomic E-state index is 0.195. The Morgan fingerprint density at radius 2 is 2.00 bits per heavy atom. The van der Waals surface area contributed by atoms with Gasteiger partial charge in [0.15, 0.2) is 0 Å². The largest absolute Gasteiger partial charge is 0.492 e. The van der Waals surface area contributed by atoms with E-state index in [-0.39, 0.29) is 18.9 Å². The molecule has 0 atom stereocenters. The van der Waals surface area contributed by atoms with Crippen molar-refractivity contribution in [2.75, 3.05) is 13.2 Å². The van der Waals surface area contributed by atoms with Gasteiger partial charge in [-0.25, -0.2) is 13.1 Å². The first-order chi connectivity index (χ1) is 9.98. The number of ether oxygens (including phenoxy) is 1. The Bertz CT molecular complexity index is 695. The van der Waals surface area contributed by atoms with Gasteiger partial charge in [-0.3, -0.25) is 0 Å². The Kier molecular flexibility index (Phi) is 4.98. The lowest BCUT2D eigenvalue weighted by Gasteiger charge is -2.09. The minimum atomic E-state index is -3.44. The summed E-state index contributed by atoms with van der Waals surface area (Å²) in [7, 11) is -3.44. The van der Waals surface area contributed by atoms with E-state index in [0.717, 1.165) is 16.9 Å². The molecular formula is C14H18N2O4S. The van der Waals surface area contributed by atoms with Crippen molar-refractivity contribution in [2.24, 2.45) is 0 Å². The summed E-state index contributed by atoms with van der Waals surface area (Å²) in [5.74, 6) is 0.559. The topological polar surface area (TPSA) is 81.4 Å². The first-order valence-corrected chi connectivity index (χ1v) is 8.19. The summed E-state index contributed by atoms with van der Waals surface area (Å²) in [6.07, 6.45) is 1.42. The van der Waals surface area contributed by atoms with Crippen LogP contribution in [-0.4, -0.2) is 26.7 Å². The Morgan fingerprint density at radius 1 is 1.24 bits per heavy atom. The number of hydrogen-bond acceptors (Lipinski definition) is 5. The van der Waals surface area contributed by atoms with E-state index in [1.165, 1.54) is 6.26 Å². The molecular weight excluding hydrogens is 292 g/mol. The van der Waals surface area contributed by atoms with Crippen molar-refractivity contribution in [3.63, 3.8) is 0 Å². The molecule has 0 aliphatic heterocycles. The van der Waals surface area contributed by atoms with Gasteiger partial charge >= 0.3 is 0 Å². The van der Waals surface area contributed by atoms with Crippen molar-refractivity contribution in [3.8, 4) is 5.75 Å². The van der Waals surface area contributed by atoms with E-state index >= 15 is 0 Å². The molecule has 0 unspecified atom stereocenters. The number of rotatable bonds is 7. The summed E-state index contributed by atoms with van der Waals surface area (Å²) >= 11 is 0. The van der Waals surface area contributed by atoms with Crippen LogP contribution in [0, 0.1) is 13.8 Å². The second-order valence-corrected chi connectivity index (χ2v) is 6.52. The zero-order valence-corrected chi connectivity index (χ0v) is 12.8. The highest BCUT2D eigenvalue weighted by atomic mass is 32.2. The molecule has 1 aromatic carbocycles. The average molecular weight is 310 g/mol. The third-order valence-corrected chi connectivity index (χ3v) is 4.25. The zero-order valence-electron chi connectivity index (χ0n) is 12.0. The van der Waals surface area contributed by atoms with E-state index in [1.54, 1.807) is 6.92 Å². The minimum Gasteiger partial charge on any atom is -0.492 e. The van der Waals surface area contributed by atoms with Crippen molar-refractivity contribution < 1.29 is 17.7 Å². The molecule has 0 fully saturated rings. The fraction of sp³-hybridized carbons (Fsp3) is 0.357. The van der Waals surface area contributed by atoms with Crippen LogP contribution in [0.5, 0.6) is 5.75 Å². The van der Waals surface area contributed by atoms with Gasteiger partial charge in [0, 0.05) is 12.1 Å². The summed E-state index contributed by atoms with van der Waals surface area (Å²) in [6, 6.07) is 7.58. The molecule has 0 amide bonds. The van der Waals surface area contributed by atoms with Gasteiger partial charge in [-0.15, -0.1) is 0 Å². The number of hydrogen-bond donors (Lipinski definition) is 1. The lowest BCUT2D eigenvalue weighted by molar-refractivity contribution is 0.320.